The van der Waals surface area contributed by atoms with Crippen molar-refractivity contribution >= 4 is 11.7 Å². The average molecular weight is 392 g/mol. The van der Waals surface area contributed by atoms with Crippen LogP contribution < -0.4 is 0 Å². The van der Waals surface area contributed by atoms with Crippen molar-refractivity contribution in [3.05, 3.63) is 39.9 Å². The van der Waals surface area contributed by atoms with Crippen LogP contribution in [0.1, 0.15) is 108 Å². The first kappa shape index (κ1) is 24.1. The number of nitro benzene ring substituents is 1. The highest BCUT2D eigenvalue weighted by molar-refractivity contribution is 5.89. The summed E-state index contributed by atoms with van der Waals surface area (Å²) in [5.74, 6) is -0.388. The molecule has 0 fully saturated rings. The first-order valence-electron chi connectivity index (χ1n) is 11.0. The molecule has 0 spiro atoms. The van der Waals surface area contributed by atoms with Gasteiger partial charge in [0.25, 0.3) is 5.69 Å². The second-order valence-corrected chi connectivity index (χ2v) is 7.59. The summed E-state index contributed by atoms with van der Waals surface area (Å²) in [6, 6.07) is 5.61. The van der Waals surface area contributed by atoms with Gasteiger partial charge in [0.15, 0.2) is 0 Å². The quantitative estimate of drug-likeness (QED) is 0.129. The van der Waals surface area contributed by atoms with E-state index in [1.165, 1.54) is 82.1 Å². The smallest absolute Gasteiger partial charge is 0.338 e. The molecule has 0 aliphatic carbocycles. The van der Waals surface area contributed by atoms with Gasteiger partial charge in [-0.25, -0.2) is 4.79 Å². The first-order valence-corrected chi connectivity index (χ1v) is 11.0. The van der Waals surface area contributed by atoms with E-state index in [9.17, 15) is 14.9 Å². The third-order valence-electron chi connectivity index (χ3n) is 5.08. The van der Waals surface area contributed by atoms with Crippen LogP contribution >= 0.6 is 0 Å². The van der Waals surface area contributed by atoms with E-state index >= 15 is 0 Å². The minimum atomic E-state index is -0.472. The van der Waals surface area contributed by atoms with Crippen LogP contribution in [0.25, 0.3) is 0 Å². The summed E-state index contributed by atoms with van der Waals surface area (Å²) in [5.41, 5.74) is 0.349. The molecule has 0 N–H and O–H groups in total. The van der Waals surface area contributed by atoms with Crippen molar-refractivity contribution in [2.24, 2.45) is 0 Å². The Labute approximate surface area is 170 Å². The molecule has 1 aromatic rings. The molecule has 28 heavy (non-hydrogen) atoms. The summed E-state index contributed by atoms with van der Waals surface area (Å²) in [5, 5.41) is 10.7. The molecule has 0 aliphatic heterocycles. The normalized spacial score (nSPS) is 11.9. The van der Waals surface area contributed by atoms with Gasteiger partial charge < -0.3 is 4.74 Å². The Kier molecular flexibility index (Phi) is 13.0. The summed E-state index contributed by atoms with van der Waals surface area (Å²) in [6.45, 7) is 4.33. The Bertz CT molecular complexity index is 556. The zero-order valence-corrected chi connectivity index (χ0v) is 17.7. The Morgan fingerprint density at radius 1 is 0.857 bits per heavy atom. The molecule has 5 heteroatoms. The lowest BCUT2D eigenvalue weighted by Crippen LogP contribution is -2.18. The molecular formula is C23H37NO4. The fourth-order valence-corrected chi connectivity index (χ4v) is 3.38. The number of non-ortho nitro benzene ring substituents is 1. The van der Waals surface area contributed by atoms with Crippen LogP contribution in [0.5, 0.6) is 0 Å². The van der Waals surface area contributed by atoms with Crippen molar-refractivity contribution in [3.63, 3.8) is 0 Å². The van der Waals surface area contributed by atoms with Crippen molar-refractivity contribution in [2.75, 3.05) is 0 Å². The fourth-order valence-electron chi connectivity index (χ4n) is 3.38. The maximum Gasteiger partial charge on any atom is 0.338 e. The maximum atomic E-state index is 12.3. The van der Waals surface area contributed by atoms with E-state index in [4.69, 9.17) is 4.74 Å². The van der Waals surface area contributed by atoms with Gasteiger partial charge in [0, 0.05) is 12.1 Å². The van der Waals surface area contributed by atoms with Gasteiger partial charge in [-0.1, -0.05) is 78.1 Å². The summed E-state index contributed by atoms with van der Waals surface area (Å²) in [4.78, 5) is 22.5. The molecular weight excluding hydrogens is 354 g/mol. The lowest BCUT2D eigenvalue weighted by molar-refractivity contribution is -0.384. The molecule has 5 nitrogen and oxygen atoms in total. The Morgan fingerprint density at radius 2 is 1.39 bits per heavy atom. The molecule has 1 rings (SSSR count). The average Bonchev–Trinajstić information content (AvgIpc) is 2.69. The SMILES string of the molecule is CCCCCCCCCCCCC(CCC)OC(=O)c1ccc([N+](=O)[O-])cc1. The molecule has 0 saturated carbocycles. The zero-order chi connectivity index (χ0) is 20.6. The highest BCUT2D eigenvalue weighted by Crippen LogP contribution is 2.18. The summed E-state index contributed by atoms with van der Waals surface area (Å²) < 4.78 is 5.65. The van der Waals surface area contributed by atoms with Gasteiger partial charge in [-0.2, -0.15) is 0 Å². The molecule has 0 radical (unpaired) electrons. The number of hydrogen-bond donors (Lipinski definition) is 0. The van der Waals surface area contributed by atoms with Crippen LogP contribution in [0.4, 0.5) is 5.69 Å². The monoisotopic (exact) mass is 391 g/mol. The van der Waals surface area contributed by atoms with Gasteiger partial charge in [0.05, 0.1) is 10.5 Å². The molecule has 158 valence electrons. The van der Waals surface area contributed by atoms with E-state index in [0.717, 1.165) is 25.7 Å². The summed E-state index contributed by atoms with van der Waals surface area (Å²) in [7, 11) is 0. The minimum Gasteiger partial charge on any atom is -0.459 e. The number of nitrogens with zero attached hydrogens (tertiary/aromatic N) is 1. The topological polar surface area (TPSA) is 69.4 Å². The minimum absolute atomic E-state index is 0.0213. The zero-order valence-electron chi connectivity index (χ0n) is 17.7. The Balaban J connectivity index is 2.25. The van der Waals surface area contributed by atoms with Gasteiger partial charge in [-0.3, -0.25) is 10.1 Å². The Hall–Kier alpha value is -1.91. The number of rotatable bonds is 16. The first-order chi connectivity index (χ1) is 13.6. The molecule has 0 bridgehead atoms. The lowest BCUT2D eigenvalue weighted by Gasteiger charge is -2.17. The van der Waals surface area contributed by atoms with E-state index < -0.39 is 4.92 Å². The molecule has 0 aliphatic rings. The molecule has 0 saturated heterocycles. The number of ether oxygens (including phenoxy) is 1. The van der Waals surface area contributed by atoms with Crippen molar-refractivity contribution in [1.82, 2.24) is 0 Å². The predicted molar refractivity (Wildman–Crippen MR) is 114 cm³/mol. The summed E-state index contributed by atoms with van der Waals surface area (Å²) >= 11 is 0. The van der Waals surface area contributed by atoms with Crippen LogP contribution in [-0.4, -0.2) is 17.0 Å². The number of carbonyl (C=O) groups is 1. The van der Waals surface area contributed by atoms with Crippen LogP contribution in [0.3, 0.4) is 0 Å². The van der Waals surface area contributed by atoms with Gasteiger partial charge in [-0.15, -0.1) is 0 Å². The molecule has 1 atom stereocenters. The van der Waals surface area contributed by atoms with Crippen molar-refractivity contribution in [3.8, 4) is 0 Å². The van der Waals surface area contributed by atoms with Crippen LogP contribution in [-0.2, 0) is 4.74 Å². The third-order valence-corrected chi connectivity index (χ3v) is 5.08. The van der Waals surface area contributed by atoms with Crippen LogP contribution in [0.2, 0.25) is 0 Å². The van der Waals surface area contributed by atoms with E-state index in [1.807, 2.05) is 0 Å². The number of benzene rings is 1. The Morgan fingerprint density at radius 3 is 1.89 bits per heavy atom. The second-order valence-electron chi connectivity index (χ2n) is 7.59. The van der Waals surface area contributed by atoms with Crippen molar-refractivity contribution in [1.29, 1.82) is 0 Å². The van der Waals surface area contributed by atoms with E-state index in [-0.39, 0.29) is 17.8 Å². The molecule has 0 aromatic heterocycles. The largest absolute Gasteiger partial charge is 0.459 e. The van der Waals surface area contributed by atoms with Gasteiger partial charge >= 0.3 is 5.97 Å². The fraction of sp³-hybridized carbons (Fsp3) is 0.696. The van der Waals surface area contributed by atoms with E-state index in [1.54, 1.807) is 0 Å². The highest BCUT2D eigenvalue weighted by atomic mass is 16.6. The van der Waals surface area contributed by atoms with Crippen LogP contribution in [0.15, 0.2) is 24.3 Å². The van der Waals surface area contributed by atoms with Gasteiger partial charge in [0.1, 0.15) is 6.10 Å². The molecule has 1 aromatic carbocycles. The number of nitro groups is 1. The maximum absolute atomic E-state index is 12.3. The molecule has 0 amide bonds. The highest BCUT2D eigenvalue weighted by Gasteiger charge is 2.16. The summed E-state index contributed by atoms with van der Waals surface area (Å²) in [6.07, 6.45) is 15.5. The number of hydrogen-bond acceptors (Lipinski definition) is 4. The van der Waals surface area contributed by atoms with Gasteiger partial charge in [-0.05, 0) is 31.4 Å². The van der Waals surface area contributed by atoms with Crippen molar-refractivity contribution in [2.45, 2.75) is 103 Å². The molecule has 1 unspecified atom stereocenters. The van der Waals surface area contributed by atoms with Crippen LogP contribution in [0, 0.1) is 10.1 Å². The molecule has 0 heterocycles. The van der Waals surface area contributed by atoms with Gasteiger partial charge in [0.2, 0.25) is 0 Å². The number of carbonyl (C=O) groups excluding carboxylic acids is 1. The van der Waals surface area contributed by atoms with E-state index in [2.05, 4.69) is 13.8 Å². The van der Waals surface area contributed by atoms with Crippen molar-refractivity contribution < 1.29 is 14.5 Å². The number of unbranched alkanes of at least 4 members (excludes halogenated alkanes) is 9. The lowest BCUT2D eigenvalue weighted by atomic mass is 10.0. The standard InChI is InChI=1S/C23H37NO4/c1-3-5-6-7-8-9-10-11-12-13-15-22(14-4-2)28-23(25)20-16-18-21(19-17-20)24(26)27/h16-19,22H,3-15H2,1-2H3. The predicted octanol–water partition coefficient (Wildman–Crippen LogP) is 7.23. The van der Waals surface area contributed by atoms with E-state index in [0.29, 0.717) is 5.56 Å². The number of esters is 1. The second kappa shape index (κ2) is 15.1. The third kappa shape index (κ3) is 10.4.